The van der Waals surface area contributed by atoms with E-state index in [9.17, 15) is 4.79 Å². The molecule has 0 unspecified atom stereocenters. The summed E-state index contributed by atoms with van der Waals surface area (Å²) in [6, 6.07) is 13.4. The lowest BCUT2D eigenvalue weighted by atomic mass is 10.1. The summed E-state index contributed by atoms with van der Waals surface area (Å²) >= 11 is 3.47. The Hall–Kier alpha value is -1.81. The van der Waals surface area contributed by atoms with E-state index in [-0.39, 0.29) is 0 Å². The number of carboxylic acids is 1. The van der Waals surface area contributed by atoms with Gasteiger partial charge >= 0.3 is 5.97 Å². The number of carboxylic acid groups (broad SMARTS) is 1. The van der Waals surface area contributed by atoms with E-state index in [0.717, 1.165) is 23.1 Å². The van der Waals surface area contributed by atoms with Crippen LogP contribution in [0.4, 0.5) is 5.69 Å². The fourth-order valence-electron chi connectivity index (χ4n) is 2.30. The number of rotatable bonds is 5. The number of carbonyl (C=O) groups is 1. The normalized spacial score (nSPS) is 10.4. The largest absolute Gasteiger partial charge is 0.478 e. The Morgan fingerprint density at radius 3 is 2.52 bits per heavy atom. The minimum atomic E-state index is -0.909. The van der Waals surface area contributed by atoms with Crippen molar-refractivity contribution in [2.75, 3.05) is 11.4 Å². The van der Waals surface area contributed by atoms with Crippen LogP contribution in [0.15, 0.2) is 46.9 Å². The first kappa shape index (κ1) is 15.6. The molecule has 3 nitrogen and oxygen atoms in total. The molecule has 0 radical (unpaired) electrons. The lowest BCUT2D eigenvalue weighted by Crippen LogP contribution is -2.23. The topological polar surface area (TPSA) is 40.5 Å². The summed E-state index contributed by atoms with van der Waals surface area (Å²) in [6.45, 7) is 5.84. The van der Waals surface area contributed by atoms with Crippen LogP contribution in [0.5, 0.6) is 0 Å². The van der Waals surface area contributed by atoms with E-state index in [4.69, 9.17) is 5.11 Å². The van der Waals surface area contributed by atoms with Crippen LogP contribution in [-0.2, 0) is 6.54 Å². The molecular weight excluding hydrogens is 330 g/mol. The predicted octanol–water partition coefficient (Wildman–Crippen LogP) is 4.48. The zero-order valence-electron chi connectivity index (χ0n) is 12.1. The maximum Gasteiger partial charge on any atom is 0.335 e. The molecule has 0 saturated carbocycles. The number of halogens is 1. The van der Waals surface area contributed by atoms with Crippen molar-refractivity contribution in [1.29, 1.82) is 0 Å². The summed E-state index contributed by atoms with van der Waals surface area (Å²) in [6.07, 6.45) is 0. The Labute approximate surface area is 133 Å². The highest BCUT2D eigenvalue weighted by Crippen LogP contribution is 2.25. The second-order valence-electron chi connectivity index (χ2n) is 4.91. The lowest BCUT2D eigenvalue weighted by molar-refractivity contribution is 0.0697. The van der Waals surface area contributed by atoms with Gasteiger partial charge in [0.1, 0.15) is 0 Å². The van der Waals surface area contributed by atoms with E-state index in [1.807, 2.05) is 18.2 Å². The molecule has 0 bridgehead atoms. The van der Waals surface area contributed by atoms with Crippen molar-refractivity contribution < 1.29 is 9.90 Å². The van der Waals surface area contributed by atoms with E-state index >= 15 is 0 Å². The van der Waals surface area contributed by atoms with Crippen LogP contribution in [-0.4, -0.2) is 17.6 Å². The molecule has 2 rings (SSSR count). The molecule has 110 valence electrons. The number of hydrogen-bond donors (Lipinski definition) is 1. The van der Waals surface area contributed by atoms with Crippen LogP contribution in [0.25, 0.3) is 0 Å². The van der Waals surface area contributed by atoms with Crippen molar-refractivity contribution in [1.82, 2.24) is 0 Å². The van der Waals surface area contributed by atoms with Gasteiger partial charge in [-0.3, -0.25) is 0 Å². The average Bonchev–Trinajstić information content (AvgIpc) is 2.47. The third-order valence-electron chi connectivity index (χ3n) is 3.50. The van der Waals surface area contributed by atoms with Gasteiger partial charge in [-0.2, -0.15) is 0 Å². The molecule has 2 aromatic rings. The van der Waals surface area contributed by atoms with Gasteiger partial charge in [-0.1, -0.05) is 40.2 Å². The van der Waals surface area contributed by atoms with Crippen molar-refractivity contribution in [3.8, 4) is 0 Å². The molecule has 4 heteroatoms. The van der Waals surface area contributed by atoms with Crippen molar-refractivity contribution in [2.45, 2.75) is 20.4 Å². The van der Waals surface area contributed by atoms with Gasteiger partial charge in [-0.15, -0.1) is 0 Å². The van der Waals surface area contributed by atoms with Gasteiger partial charge in [0, 0.05) is 23.2 Å². The van der Waals surface area contributed by atoms with Crippen LogP contribution >= 0.6 is 15.9 Å². The highest BCUT2D eigenvalue weighted by atomic mass is 79.9. The number of hydrogen-bond acceptors (Lipinski definition) is 2. The van der Waals surface area contributed by atoms with Crippen molar-refractivity contribution >= 4 is 27.6 Å². The third kappa shape index (κ3) is 3.64. The minimum absolute atomic E-state index is 0.296. The Balaban J connectivity index is 2.27. The summed E-state index contributed by atoms with van der Waals surface area (Å²) in [4.78, 5) is 13.3. The standard InChI is InChI=1S/C17H18BrNO2/c1-3-19(16-7-5-4-6-12(16)2)11-14-9-8-13(17(20)21)10-15(14)18/h4-10H,3,11H2,1-2H3,(H,20,21). The lowest BCUT2D eigenvalue weighted by Gasteiger charge is -2.25. The smallest absolute Gasteiger partial charge is 0.335 e. The molecule has 0 aromatic heterocycles. The first-order valence-corrected chi connectivity index (χ1v) is 7.64. The van der Waals surface area contributed by atoms with Crippen LogP contribution < -0.4 is 4.90 Å². The SMILES string of the molecule is CCN(Cc1ccc(C(=O)O)cc1Br)c1ccccc1C. The van der Waals surface area contributed by atoms with E-state index in [1.54, 1.807) is 12.1 Å². The van der Waals surface area contributed by atoms with E-state index < -0.39 is 5.97 Å². The second-order valence-corrected chi connectivity index (χ2v) is 5.77. The van der Waals surface area contributed by atoms with Gasteiger partial charge in [-0.25, -0.2) is 4.79 Å². The number of nitrogens with zero attached hydrogens (tertiary/aromatic N) is 1. The van der Waals surface area contributed by atoms with E-state index in [1.165, 1.54) is 11.3 Å². The molecule has 0 fully saturated rings. The summed E-state index contributed by atoms with van der Waals surface area (Å²) in [5.41, 5.74) is 3.81. The minimum Gasteiger partial charge on any atom is -0.478 e. The molecule has 1 N–H and O–H groups in total. The molecule has 0 aliphatic carbocycles. The number of para-hydroxylation sites is 1. The molecule has 0 saturated heterocycles. The summed E-state index contributed by atoms with van der Waals surface area (Å²) < 4.78 is 0.828. The van der Waals surface area contributed by atoms with Crippen LogP contribution in [0.2, 0.25) is 0 Å². The van der Waals surface area contributed by atoms with Crippen molar-refractivity contribution in [2.24, 2.45) is 0 Å². The monoisotopic (exact) mass is 347 g/mol. The van der Waals surface area contributed by atoms with Crippen LogP contribution in [0.3, 0.4) is 0 Å². The predicted molar refractivity (Wildman–Crippen MR) is 89.0 cm³/mol. The average molecular weight is 348 g/mol. The Morgan fingerprint density at radius 1 is 1.24 bits per heavy atom. The van der Waals surface area contributed by atoms with Crippen LogP contribution in [0, 0.1) is 6.92 Å². The van der Waals surface area contributed by atoms with Gasteiger partial charge in [0.2, 0.25) is 0 Å². The quantitative estimate of drug-likeness (QED) is 0.866. The summed E-state index contributed by atoms with van der Waals surface area (Å²) in [5.74, 6) is -0.909. The highest BCUT2D eigenvalue weighted by Gasteiger charge is 2.11. The first-order valence-electron chi connectivity index (χ1n) is 6.85. The molecular formula is C17H18BrNO2. The first-order chi connectivity index (χ1) is 10.0. The maximum atomic E-state index is 11.0. The zero-order chi connectivity index (χ0) is 15.4. The molecule has 0 aliphatic rings. The van der Waals surface area contributed by atoms with Crippen molar-refractivity contribution in [3.63, 3.8) is 0 Å². The fourth-order valence-corrected chi connectivity index (χ4v) is 2.80. The van der Waals surface area contributed by atoms with Gasteiger partial charge in [0.05, 0.1) is 5.56 Å². The molecule has 0 aliphatic heterocycles. The third-order valence-corrected chi connectivity index (χ3v) is 4.24. The number of anilines is 1. The molecule has 0 spiro atoms. The summed E-state index contributed by atoms with van der Waals surface area (Å²) in [5, 5.41) is 9.01. The Morgan fingerprint density at radius 2 is 1.95 bits per heavy atom. The Bertz CT molecular complexity index is 655. The molecule has 0 atom stereocenters. The zero-order valence-corrected chi connectivity index (χ0v) is 13.7. The molecule has 0 heterocycles. The molecule has 21 heavy (non-hydrogen) atoms. The van der Waals surface area contributed by atoms with Gasteiger partial charge < -0.3 is 10.0 Å². The fraction of sp³-hybridized carbons (Fsp3) is 0.235. The van der Waals surface area contributed by atoms with E-state index in [0.29, 0.717) is 5.56 Å². The molecule has 0 amide bonds. The van der Waals surface area contributed by atoms with Gasteiger partial charge in [-0.05, 0) is 43.2 Å². The Kier molecular flexibility index (Phi) is 5.02. The maximum absolute atomic E-state index is 11.0. The molecule has 2 aromatic carbocycles. The second kappa shape index (κ2) is 6.76. The van der Waals surface area contributed by atoms with Gasteiger partial charge in [0.25, 0.3) is 0 Å². The number of benzene rings is 2. The van der Waals surface area contributed by atoms with Gasteiger partial charge in [0.15, 0.2) is 0 Å². The number of aromatic carboxylic acids is 1. The number of aryl methyl sites for hydroxylation is 1. The highest BCUT2D eigenvalue weighted by molar-refractivity contribution is 9.10. The van der Waals surface area contributed by atoms with Crippen molar-refractivity contribution in [3.05, 3.63) is 63.6 Å². The summed E-state index contributed by atoms with van der Waals surface area (Å²) in [7, 11) is 0. The van der Waals surface area contributed by atoms with Crippen LogP contribution in [0.1, 0.15) is 28.4 Å². The van der Waals surface area contributed by atoms with E-state index in [2.05, 4.69) is 46.8 Å².